The Balaban J connectivity index is 1.61. The van der Waals surface area contributed by atoms with Crippen molar-refractivity contribution >= 4 is 50.9 Å². The van der Waals surface area contributed by atoms with Gasteiger partial charge < -0.3 is 19.1 Å². The van der Waals surface area contributed by atoms with Gasteiger partial charge in [-0.1, -0.05) is 45.8 Å². The largest absolute Gasteiger partial charge is 0.494 e. The molecule has 6 nitrogen and oxygen atoms in total. The minimum absolute atomic E-state index is 0.207. The molecule has 1 heterocycles. The van der Waals surface area contributed by atoms with E-state index in [4.69, 9.17) is 26.4 Å². The van der Waals surface area contributed by atoms with Crippen molar-refractivity contribution in [1.29, 1.82) is 0 Å². The number of amides is 1. The molecule has 1 aliphatic rings. The van der Waals surface area contributed by atoms with Gasteiger partial charge in [0, 0.05) is 11.5 Å². The van der Waals surface area contributed by atoms with E-state index < -0.39 is 0 Å². The van der Waals surface area contributed by atoms with Crippen LogP contribution in [0.15, 0.2) is 70.8 Å². The molecule has 0 spiro atoms. The van der Waals surface area contributed by atoms with Crippen LogP contribution >= 0.6 is 28.1 Å². The van der Waals surface area contributed by atoms with Gasteiger partial charge in [0.15, 0.2) is 16.6 Å². The molecule has 4 rings (SSSR count). The number of aryl methyl sites for hydroxylation is 1. The molecule has 1 aliphatic heterocycles. The Morgan fingerprint density at radius 2 is 1.57 bits per heavy atom. The van der Waals surface area contributed by atoms with Crippen molar-refractivity contribution in [3.05, 3.63) is 87.5 Å². The molecular weight excluding hydrogens is 552 g/mol. The van der Waals surface area contributed by atoms with Gasteiger partial charge in [-0.25, -0.2) is 0 Å². The van der Waals surface area contributed by atoms with Crippen LogP contribution in [-0.4, -0.2) is 36.2 Å². The van der Waals surface area contributed by atoms with Gasteiger partial charge in [0.2, 0.25) is 0 Å². The maximum atomic E-state index is 13.4. The number of nitrogens with zero attached hydrogens (tertiary/aromatic N) is 2. The van der Waals surface area contributed by atoms with E-state index in [1.165, 1.54) is 10.5 Å². The molecule has 1 fully saturated rings. The van der Waals surface area contributed by atoms with E-state index in [1.54, 1.807) is 18.0 Å². The number of carbonyl (C=O) groups excluding carboxylic acids is 1. The van der Waals surface area contributed by atoms with E-state index in [0.717, 1.165) is 21.3 Å². The van der Waals surface area contributed by atoms with Crippen LogP contribution in [0.4, 0.5) is 5.69 Å². The molecule has 0 N–H and O–H groups in total. The fourth-order valence-corrected chi connectivity index (χ4v) is 4.60. The molecule has 1 amide bonds. The average Bonchev–Trinajstić information content (AvgIpc) is 3.09. The zero-order valence-corrected chi connectivity index (χ0v) is 23.7. The monoisotopic (exact) mass is 580 g/mol. The van der Waals surface area contributed by atoms with Gasteiger partial charge in [-0.2, -0.15) is 0 Å². The molecular formula is C29H29BrN2O4S. The highest BCUT2D eigenvalue weighted by Gasteiger charge is 2.37. The van der Waals surface area contributed by atoms with Crippen molar-refractivity contribution < 1.29 is 19.0 Å². The van der Waals surface area contributed by atoms with Crippen LogP contribution < -0.4 is 19.1 Å². The predicted molar refractivity (Wildman–Crippen MR) is 154 cm³/mol. The molecule has 0 radical (unpaired) electrons. The van der Waals surface area contributed by atoms with Crippen molar-refractivity contribution in [3.63, 3.8) is 0 Å². The predicted octanol–water partition coefficient (Wildman–Crippen LogP) is 6.74. The lowest BCUT2D eigenvalue weighted by molar-refractivity contribution is -0.114. The number of likely N-dealkylation sites (N-methyl/N-ethyl adjacent to an activating group) is 1. The lowest BCUT2D eigenvalue weighted by Crippen LogP contribution is -2.31. The number of rotatable bonds is 9. The molecule has 0 saturated carbocycles. The van der Waals surface area contributed by atoms with Gasteiger partial charge in [-0.05, 0) is 86.6 Å². The first-order valence-electron chi connectivity index (χ1n) is 12.0. The van der Waals surface area contributed by atoms with Gasteiger partial charge >= 0.3 is 0 Å². The maximum absolute atomic E-state index is 13.4. The van der Waals surface area contributed by atoms with Crippen molar-refractivity contribution in [2.45, 2.75) is 27.4 Å². The molecule has 3 aromatic carbocycles. The van der Waals surface area contributed by atoms with Crippen LogP contribution in [0.25, 0.3) is 6.08 Å². The van der Waals surface area contributed by atoms with Crippen LogP contribution in [0.2, 0.25) is 0 Å². The van der Waals surface area contributed by atoms with Crippen molar-refractivity contribution in [2.24, 2.45) is 0 Å². The van der Waals surface area contributed by atoms with E-state index in [1.807, 2.05) is 62.4 Å². The third-order valence-corrected chi connectivity index (χ3v) is 6.98. The summed E-state index contributed by atoms with van der Waals surface area (Å²) in [5, 5.41) is 0.402. The van der Waals surface area contributed by atoms with Crippen LogP contribution in [0.1, 0.15) is 30.5 Å². The Hall–Kier alpha value is -3.36. The van der Waals surface area contributed by atoms with Crippen LogP contribution in [0.3, 0.4) is 0 Å². The number of carbonyl (C=O) groups is 1. The number of benzene rings is 3. The SMILES string of the molecule is CCOc1ccc(N2C(=O)/C(=C/c3cc(OCC)c(OCc4ccc(C)cc4)cc3Br)N(C)C2=S)cc1. The van der Waals surface area contributed by atoms with Gasteiger partial charge in [0.05, 0.1) is 18.9 Å². The molecule has 0 unspecified atom stereocenters. The van der Waals surface area contributed by atoms with Crippen LogP contribution in [0.5, 0.6) is 17.2 Å². The highest BCUT2D eigenvalue weighted by molar-refractivity contribution is 9.10. The fraction of sp³-hybridized carbons (Fsp3) is 0.241. The minimum Gasteiger partial charge on any atom is -0.494 e. The first-order chi connectivity index (χ1) is 17.8. The molecule has 8 heteroatoms. The Morgan fingerprint density at radius 1 is 0.919 bits per heavy atom. The number of hydrogen-bond acceptors (Lipinski definition) is 5. The summed E-state index contributed by atoms with van der Waals surface area (Å²) in [5.41, 5.74) is 4.18. The normalized spacial score (nSPS) is 14.5. The molecule has 0 atom stereocenters. The van der Waals surface area contributed by atoms with E-state index in [2.05, 4.69) is 35.0 Å². The molecule has 0 aliphatic carbocycles. The van der Waals surface area contributed by atoms with Gasteiger partial charge in [-0.15, -0.1) is 0 Å². The second-order valence-electron chi connectivity index (χ2n) is 8.47. The molecule has 192 valence electrons. The average molecular weight is 582 g/mol. The number of thiocarbonyl (C=S) groups is 1. The molecule has 37 heavy (non-hydrogen) atoms. The zero-order chi connectivity index (χ0) is 26.5. The summed E-state index contributed by atoms with van der Waals surface area (Å²) >= 11 is 9.25. The lowest BCUT2D eigenvalue weighted by atomic mass is 10.1. The molecule has 3 aromatic rings. The second-order valence-corrected chi connectivity index (χ2v) is 9.69. The topological polar surface area (TPSA) is 51.2 Å². The molecule has 0 bridgehead atoms. The summed E-state index contributed by atoms with van der Waals surface area (Å²) in [6, 6.07) is 19.3. The van der Waals surface area contributed by atoms with E-state index >= 15 is 0 Å². The lowest BCUT2D eigenvalue weighted by Gasteiger charge is -2.17. The van der Waals surface area contributed by atoms with Crippen LogP contribution in [-0.2, 0) is 11.4 Å². The quantitative estimate of drug-likeness (QED) is 0.206. The highest BCUT2D eigenvalue weighted by atomic mass is 79.9. The number of anilines is 1. The third kappa shape index (κ3) is 5.97. The minimum atomic E-state index is -0.207. The maximum Gasteiger partial charge on any atom is 0.281 e. The summed E-state index contributed by atoms with van der Waals surface area (Å²) in [6.07, 6.45) is 1.81. The number of ether oxygens (including phenoxy) is 3. The van der Waals surface area contributed by atoms with Crippen molar-refractivity contribution in [2.75, 3.05) is 25.2 Å². The third-order valence-electron chi connectivity index (χ3n) is 5.84. The fourth-order valence-electron chi connectivity index (χ4n) is 3.88. The van der Waals surface area contributed by atoms with Crippen LogP contribution in [0, 0.1) is 6.92 Å². The Morgan fingerprint density at radius 3 is 2.22 bits per heavy atom. The summed E-state index contributed by atoms with van der Waals surface area (Å²) in [7, 11) is 1.79. The second kappa shape index (κ2) is 11.8. The standard InChI is InChI=1S/C29H29BrN2O4S/c1-5-34-23-13-11-22(12-14-23)32-28(33)25(31(4)29(32)37)15-21-16-26(35-6-2)27(17-24(21)30)36-18-20-9-7-19(3)8-10-20/h7-17H,5-6,18H2,1-4H3/b25-15-. The number of halogens is 1. The van der Waals surface area contributed by atoms with Gasteiger partial charge in [0.1, 0.15) is 18.1 Å². The molecule has 1 saturated heterocycles. The van der Waals surface area contributed by atoms with E-state index in [9.17, 15) is 4.79 Å². The highest BCUT2D eigenvalue weighted by Crippen LogP contribution is 2.37. The van der Waals surface area contributed by atoms with Gasteiger partial charge in [-0.3, -0.25) is 9.69 Å². The Bertz CT molecular complexity index is 1320. The van der Waals surface area contributed by atoms with Crippen molar-refractivity contribution in [3.8, 4) is 17.2 Å². The van der Waals surface area contributed by atoms with Crippen molar-refractivity contribution in [1.82, 2.24) is 4.90 Å². The summed E-state index contributed by atoms with van der Waals surface area (Å²) in [4.78, 5) is 16.7. The molecule has 0 aromatic heterocycles. The summed E-state index contributed by atoms with van der Waals surface area (Å²) in [5.74, 6) is 1.75. The number of hydrogen-bond donors (Lipinski definition) is 0. The summed E-state index contributed by atoms with van der Waals surface area (Å²) < 4.78 is 18.3. The smallest absolute Gasteiger partial charge is 0.281 e. The zero-order valence-electron chi connectivity index (χ0n) is 21.3. The van der Waals surface area contributed by atoms with E-state index in [-0.39, 0.29) is 5.91 Å². The Kier molecular flexibility index (Phi) is 8.51. The Labute approximate surface area is 231 Å². The first kappa shape index (κ1) is 26.7. The first-order valence-corrected chi connectivity index (χ1v) is 13.2. The summed E-state index contributed by atoms with van der Waals surface area (Å²) in [6.45, 7) is 7.37. The van der Waals surface area contributed by atoms with Gasteiger partial charge in [0.25, 0.3) is 5.91 Å². The van der Waals surface area contributed by atoms with E-state index in [0.29, 0.717) is 47.8 Å².